The van der Waals surface area contributed by atoms with E-state index in [0.29, 0.717) is 40.4 Å². The first-order valence-electron chi connectivity index (χ1n) is 16.5. The zero-order valence-electron chi connectivity index (χ0n) is 28.9. The number of aryl methyl sites for hydroxylation is 2. The van der Waals surface area contributed by atoms with E-state index in [1.165, 1.54) is 23.5 Å². The highest BCUT2D eigenvalue weighted by molar-refractivity contribution is 7.15. The molecule has 266 valence electrons. The number of aromatic nitrogens is 1. The van der Waals surface area contributed by atoms with Gasteiger partial charge in [-0.1, -0.05) is 12.1 Å². The van der Waals surface area contributed by atoms with Crippen molar-refractivity contribution in [2.75, 3.05) is 44.8 Å². The molecule has 0 atom stereocenters. The number of hydrogen-bond donors (Lipinski definition) is 0. The molecule has 0 bridgehead atoms. The molecule has 0 N–H and O–H groups in total. The van der Waals surface area contributed by atoms with Crippen molar-refractivity contribution in [1.82, 2.24) is 9.88 Å². The molecule has 1 aliphatic heterocycles. The van der Waals surface area contributed by atoms with Gasteiger partial charge in [0.15, 0.2) is 11.4 Å². The van der Waals surface area contributed by atoms with Gasteiger partial charge in [-0.3, -0.25) is 9.69 Å². The van der Waals surface area contributed by atoms with E-state index < -0.39 is 23.3 Å². The lowest BCUT2D eigenvalue weighted by molar-refractivity contribution is -0.158. The molecule has 8 nitrogen and oxygen atoms in total. The van der Waals surface area contributed by atoms with E-state index in [2.05, 4.69) is 9.80 Å². The molecule has 3 aromatic carbocycles. The molecule has 12 heteroatoms. The monoisotopic (exact) mass is 709 g/mol. The quantitative estimate of drug-likeness (QED) is 0.102. The summed E-state index contributed by atoms with van der Waals surface area (Å²) in [6.45, 7) is 10.9. The van der Waals surface area contributed by atoms with Crippen LogP contribution in [0.4, 0.5) is 18.9 Å². The number of esters is 1. The Labute approximate surface area is 294 Å². The van der Waals surface area contributed by atoms with Crippen molar-refractivity contribution in [2.45, 2.75) is 58.9 Å². The molecule has 0 spiro atoms. The summed E-state index contributed by atoms with van der Waals surface area (Å²) < 4.78 is 56.0. The molecular formula is C38H42F3N3O5S. The van der Waals surface area contributed by atoms with Gasteiger partial charge in [-0.25, -0.2) is 9.78 Å². The Kier molecular flexibility index (Phi) is 11.5. The molecule has 0 radical (unpaired) electrons. The van der Waals surface area contributed by atoms with Crippen LogP contribution >= 0.6 is 11.3 Å². The first-order valence-corrected chi connectivity index (χ1v) is 17.4. The molecule has 50 heavy (non-hydrogen) atoms. The van der Waals surface area contributed by atoms with Crippen LogP contribution in [0, 0.1) is 6.92 Å². The van der Waals surface area contributed by atoms with Crippen LogP contribution in [0.1, 0.15) is 59.2 Å². The average molecular weight is 710 g/mol. The van der Waals surface area contributed by atoms with E-state index in [0.717, 1.165) is 60.3 Å². The maximum atomic E-state index is 13.4. The van der Waals surface area contributed by atoms with Gasteiger partial charge in [0.05, 0.1) is 25.0 Å². The first kappa shape index (κ1) is 36.9. The van der Waals surface area contributed by atoms with Crippen molar-refractivity contribution in [3.63, 3.8) is 0 Å². The Balaban J connectivity index is 1.30. The fraction of sp³-hybridized carbons (Fsp3) is 0.395. The molecule has 1 aromatic heterocycles. The Morgan fingerprint density at radius 1 is 0.940 bits per heavy atom. The van der Waals surface area contributed by atoms with E-state index in [-0.39, 0.29) is 18.8 Å². The maximum Gasteiger partial charge on any atom is 0.416 e. The molecule has 5 rings (SSSR count). The van der Waals surface area contributed by atoms with E-state index in [1.807, 2.05) is 31.2 Å². The Bertz CT molecular complexity index is 1780. The minimum absolute atomic E-state index is 0.0622. The van der Waals surface area contributed by atoms with Crippen LogP contribution in [-0.4, -0.2) is 67.1 Å². The minimum atomic E-state index is -4.42. The van der Waals surface area contributed by atoms with E-state index in [4.69, 9.17) is 19.2 Å². The lowest BCUT2D eigenvalue weighted by Gasteiger charge is -2.36. The molecule has 0 saturated carbocycles. The summed E-state index contributed by atoms with van der Waals surface area (Å²) >= 11 is 1.41. The van der Waals surface area contributed by atoms with Crippen molar-refractivity contribution in [3.05, 3.63) is 94.0 Å². The highest BCUT2D eigenvalue weighted by atomic mass is 32.1. The second-order valence-electron chi connectivity index (χ2n) is 12.7. The number of nitrogens with zero attached hydrogens (tertiary/aromatic N) is 3. The topological polar surface area (TPSA) is 81.2 Å². The largest absolute Gasteiger partial charge is 0.497 e. The third-order valence-electron chi connectivity index (χ3n) is 8.63. The normalized spacial score (nSPS) is 14.0. The summed E-state index contributed by atoms with van der Waals surface area (Å²) in [4.78, 5) is 36.2. The van der Waals surface area contributed by atoms with Crippen LogP contribution in [0.15, 0.2) is 66.7 Å². The van der Waals surface area contributed by atoms with Gasteiger partial charge in [-0.2, -0.15) is 13.2 Å². The van der Waals surface area contributed by atoms with Gasteiger partial charge in [0.25, 0.3) is 0 Å². The van der Waals surface area contributed by atoms with Crippen LogP contribution in [0.3, 0.4) is 0 Å². The summed E-state index contributed by atoms with van der Waals surface area (Å²) in [7, 11) is 1.64. The number of alkyl halides is 3. The van der Waals surface area contributed by atoms with Crippen molar-refractivity contribution in [3.8, 4) is 22.1 Å². The fourth-order valence-electron chi connectivity index (χ4n) is 5.73. The zero-order valence-corrected chi connectivity index (χ0v) is 29.7. The predicted molar refractivity (Wildman–Crippen MR) is 188 cm³/mol. The number of methoxy groups -OCH3 is 1. The van der Waals surface area contributed by atoms with Gasteiger partial charge in [-0.15, -0.1) is 11.3 Å². The van der Waals surface area contributed by atoms with Crippen LogP contribution in [-0.2, 0) is 28.7 Å². The Morgan fingerprint density at radius 2 is 1.62 bits per heavy atom. The molecular weight excluding hydrogens is 667 g/mol. The summed E-state index contributed by atoms with van der Waals surface area (Å²) in [6.07, 6.45) is -3.77. The molecule has 1 fully saturated rings. The second-order valence-corrected chi connectivity index (χ2v) is 13.7. The highest BCUT2D eigenvalue weighted by Gasteiger charge is 2.32. The van der Waals surface area contributed by atoms with Gasteiger partial charge in [-0.05, 0) is 94.3 Å². The SMILES string of the molecule is CCOC(=O)C(C)(C)Oc1ccc(C(=O)CCc2sc(-c3ccc(C(F)(F)F)cc3)nc2CN2CCN(c3ccc(OC)cc3)CC2)cc1C. The third-order valence-corrected chi connectivity index (χ3v) is 9.84. The summed E-state index contributed by atoms with van der Waals surface area (Å²) in [6, 6.07) is 18.2. The summed E-state index contributed by atoms with van der Waals surface area (Å²) in [5, 5.41) is 0.620. The van der Waals surface area contributed by atoms with Crippen LogP contribution in [0.5, 0.6) is 11.5 Å². The molecule has 4 aromatic rings. The number of Topliss-reactive ketones (excluding diaryl/α,β-unsaturated/α-hetero) is 1. The molecule has 1 aliphatic rings. The van der Waals surface area contributed by atoms with Crippen LogP contribution in [0.25, 0.3) is 10.6 Å². The number of carbonyl (C=O) groups is 2. The van der Waals surface area contributed by atoms with Gasteiger partial charge in [0.1, 0.15) is 16.5 Å². The smallest absolute Gasteiger partial charge is 0.416 e. The molecule has 0 aliphatic carbocycles. The van der Waals surface area contributed by atoms with Crippen molar-refractivity contribution in [1.29, 1.82) is 0 Å². The zero-order chi connectivity index (χ0) is 36.1. The lowest BCUT2D eigenvalue weighted by Crippen LogP contribution is -2.46. The van der Waals surface area contributed by atoms with Crippen molar-refractivity contribution >= 4 is 28.8 Å². The maximum absolute atomic E-state index is 13.4. The highest BCUT2D eigenvalue weighted by Crippen LogP contribution is 2.34. The van der Waals surface area contributed by atoms with Gasteiger partial charge < -0.3 is 19.1 Å². The third kappa shape index (κ3) is 9.02. The van der Waals surface area contributed by atoms with E-state index >= 15 is 0 Å². The van der Waals surface area contributed by atoms with Crippen LogP contribution in [0.2, 0.25) is 0 Å². The van der Waals surface area contributed by atoms with Gasteiger partial charge in [0.2, 0.25) is 0 Å². The number of carbonyl (C=O) groups excluding carboxylic acids is 2. The number of piperazine rings is 1. The Hall–Kier alpha value is -4.42. The number of ether oxygens (including phenoxy) is 3. The average Bonchev–Trinajstić information content (AvgIpc) is 3.50. The standard InChI is InChI=1S/C38H42F3N3O5S/c1-6-48-36(46)37(3,4)49-33-17-9-27(23-25(33)2)32(45)16-18-34-31(42-35(50-34)26-7-10-28(11-8-26)38(39,40)41)24-43-19-21-44(22-20-43)29-12-14-30(47-5)15-13-29/h7-15,17,23H,6,16,18-22,24H2,1-5H3. The van der Waals surface area contributed by atoms with E-state index in [1.54, 1.807) is 46.1 Å². The first-order chi connectivity index (χ1) is 23.8. The number of halogens is 3. The number of thiazole rings is 1. The molecule has 1 saturated heterocycles. The number of hydrogen-bond acceptors (Lipinski definition) is 9. The van der Waals surface area contributed by atoms with Crippen LogP contribution < -0.4 is 14.4 Å². The van der Waals surface area contributed by atoms with Gasteiger partial charge in [0, 0.05) is 60.8 Å². The summed E-state index contributed by atoms with van der Waals surface area (Å²) in [5.41, 5.74) is 1.88. The molecule has 2 heterocycles. The number of rotatable bonds is 13. The predicted octanol–water partition coefficient (Wildman–Crippen LogP) is 8.00. The van der Waals surface area contributed by atoms with Crippen molar-refractivity contribution < 1.29 is 37.0 Å². The number of benzene rings is 3. The molecule has 0 unspecified atom stereocenters. The minimum Gasteiger partial charge on any atom is -0.497 e. The van der Waals surface area contributed by atoms with E-state index in [9.17, 15) is 22.8 Å². The Morgan fingerprint density at radius 3 is 2.22 bits per heavy atom. The van der Waals surface area contributed by atoms with Crippen molar-refractivity contribution in [2.24, 2.45) is 0 Å². The number of anilines is 1. The fourth-order valence-corrected chi connectivity index (χ4v) is 6.80. The molecule has 0 amide bonds. The van der Waals surface area contributed by atoms with Gasteiger partial charge >= 0.3 is 12.1 Å². The second kappa shape index (κ2) is 15.6. The lowest BCUT2D eigenvalue weighted by atomic mass is 10.0. The summed E-state index contributed by atoms with van der Waals surface area (Å²) in [5.74, 6) is 0.752. The number of ketones is 1.